The maximum Gasteiger partial charge on any atom is 0.265 e. The van der Waals surface area contributed by atoms with Gasteiger partial charge >= 0.3 is 0 Å². The van der Waals surface area contributed by atoms with E-state index in [1.807, 2.05) is 36.4 Å². The second kappa shape index (κ2) is 9.72. The minimum Gasteiger partial charge on any atom is -0.470 e. The zero-order valence-electron chi connectivity index (χ0n) is 22.5. The molecule has 0 fully saturated rings. The Labute approximate surface area is 215 Å². The Morgan fingerprint density at radius 3 is 2.42 bits per heavy atom. The third kappa shape index (κ3) is 4.29. The molecule has 1 aromatic carbocycles. The van der Waals surface area contributed by atoms with E-state index in [4.69, 9.17) is 13.7 Å². The van der Waals surface area contributed by atoms with Crippen LogP contribution in [0.4, 0.5) is 0 Å². The fourth-order valence-electron chi connectivity index (χ4n) is 5.08. The van der Waals surface area contributed by atoms with Gasteiger partial charge in [-0.05, 0) is 54.4 Å². The molecule has 4 rings (SSSR count). The smallest absolute Gasteiger partial charge is 0.265 e. The van der Waals surface area contributed by atoms with Crippen molar-refractivity contribution in [2.24, 2.45) is 5.92 Å². The van der Waals surface area contributed by atoms with Gasteiger partial charge in [0, 0.05) is 5.92 Å². The number of hydrogen-bond donors (Lipinski definition) is 0. The van der Waals surface area contributed by atoms with Crippen LogP contribution in [-0.2, 0) is 15.8 Å². The highest BCUT2D eigenvalue weighted by atomic mass is 28.4. The highest BCUT2D eigenvalue weighted by molar-refractivity contribution is 6.74. The molecule has 0 aliphatic heterocycles. The molecule has 0 unspecified atom stereocenters. The number of ketones is 2. The lowest BCUT2D eigenvalue weighted by Gasteiger charge is -2.52. The number of hydrogen-bond acceptors (Lipinski definition) is 7. The monoisotopic (exact) mass is 510 g/mol. The van der Waals surface area contributed by atoms with Crippen molar-refractivity contribution in [2.75, 3.05) is 13.1 Å². The Kier molecular flexibility index (Phi) is 7.16. The van der Waals surface area contributed by atoms with Gasteiger partial charge in [0.05, 0.1) is 6.04 Å². The number of Topliss-reactive ketones (excluding diaryl/α,β-unsaturated/α-hetero) is 1. The first-order valence-electron chi connectivity index (χ1n) is 12.8. The van der Waals surface area contributed by atoms with E-state index in [-0.39, 0.29) is 34.9 Å². The summed E-state index contributed by atoms with van der Waals surface area (Å²) in [5.74, 6) is -0.524. The van der Waals surface area contributed by atoms with E-state index < -0.39 is 25.6 Å². The molecule has 0 bridgehead atoms. The van der Waals surface area contributed by atoms with Crippen LogP contribution in [0.1, 0.15) is 68.8 Å². The van der Waals surface area contributed by atoms with Crippen LogP contribution in [0.25, 0.3) is 0 Å². The minimum atomic E-state index is -2.55. The van der Waals surface area contributed by atoms with Gasteiger partial charge in [0.25, 0.3) is 5.88 Å². The van der Waals surface area contributed by atoms with Crippen LogP contribution in [0.15, 0.2) is 47.0 Å². The second-order valence-corrected chi connectivity index (χ2v) is 15.9. The maximum atomic E-state index is 14.5. The summed E-state index contributed by atoms with van der Waals surface area (Å²) in [4.78, 5) is 30.5. The number of carbonyl (C=O) groups is 2. The van der Waals surface area contributed by atoms with E-state index in [2.05, 4.69) is 57.8 Å². The van der Waals surface area contributed by atoms with Crippen molar-refractivity contribution in [1.29, 1.82) is 0 Å². The molecule has 7 nitrogen and oxygen atoms in total. The molecule has 0 saturated heterocycles. The third-order valence-corrected chi connectivity index (χ3v) is 12.5. The molecule has 36 heavy (non-hydrogen) atoms. The highest BCUT2D eigenvalue weighted by Crippen LogP contribution is 2.54. The van der Waals surface area contributed by atoms with Crippen molar-refractivity contribution in [3.05, 3.63) is 59.4 Å². The van der Waals surface area contributed by atoms with Gasteiger partial charge in [0.1, 0.15) is 12.2 Å². The Morgan fingerprint density at radius 1 is 1.14 bits per heavy atom. The van der Waals surface area contributed by atoms with Gasteiger partial charge < -0.3 is 13.7 Å². The fraction of sp³-hybridized carbons (Fsp3) is 0.536. The summed E-state index contributed by atoms with van der Waals surface area (Å²) in [6.45, 7) is 16.3. The number of ether oxygens (including phenoxy) is 1. The number of allylic oxidation sites excluding steroid dienone is 1. The first-order chi connectivity index (χ1) is 17.0. The molecule has 0 saturated carbocycles. The number of benzene rings is 1. The van der Waals surface area contributed by atoms with E-state index in [1.54, 1.807) is 0 Å². The summed E-state index contributed by atoms with van der Waals surface area (Å²) in [5, 5.41) is 4.01. The molecular formula is C28H38N2O5Si. The van der Waals surface area contributed by atoms with Gasteiger partial charge in [0.2, 0.25) is 5.78 Å². The highest BCUT2D eigenvalue weighted by Gasteiger charge is 2.65. The lowest BCUT2D eigenvalue weighted by Crippen LogP contribution is -2.66. The molecule has 0 radical (unpaired) electrons. The van der Waals surface area contributed by atoms with E-state index in [9.17, 15) is 9.59 Å². The zero-order chi connectivity index (χ0) is 26.3. The summed E-state index contributed by atoms with van der Waals surface area (Å²) >= 11 is 0. The molecule has 194 valence electrons. The number of rotatable bonds is 8. The second-order valence-electron chi connectivity index (χ2n) is 11.2. The van der Waals surface area contributed by atoms with Crippen molar-refractivity contribution >= 4 is 19.9 Å². The third-order valence-electron chi connectivity index (χ3n) is 8.10. The van der Waals surface area contributed by atoms with E-state index in [1.165, 1.54) is 6.08 Å². The molecule has 2 aliphatic rings. The molecule has 2 aromatic rings. The lowest BCUT2D eigenvalue weighted by atomic mass is 9.65. The first kappa shape index (κ1) is 26.5. The van der Waals surface area contributed by atoms with Crippen LogP contribution in [-0.4, -0.2) is 48.6 Å². The molecule has 3 atom stereocenters. The van der Waals surface area contributed by atoms with Crippen molar-refractivity contribution in [1.82, 2.24) is 10.1 Å². The lowest BCUT2D eigenvalue weighted by molar-refractivity contribution is -0.135. The first-order valence-corrected chi connectivity index (χ1v) is 15.7. The normalized spacial score (nSPS) is 24.1. The number of fused-ring (bicyclic) bond motifs is 2. The van der Waals surface area contributed by atoms with Gasteiger partial charge in [0.15, 0.2) is 25.5 Å². The Hall–Kier alpha value is -2.55. The largest absolute Gasteiger partial charge is 0.470 e. The summed E-state index contributed by atoms with van der Waals surface area (Å²) < 4.78 is 18.8. The van der Waals surface area contributed by atoms with Gasteiger partial charge in [-0.2, -0.15) is 0 Å². The van der Waals surface area contributed by atoms with Gasteiger partial charge in [-0.1, -0.05) is 71.0 Å². The van der Waals surface area contributed by atoms with Crippen LogP contribution in [0.3, 0.4) is 0 Å². The molecule has 0 N–H and O–H groups in total. The summed E-state index contributed by atoms with van der Waals surface area (Å²) in [6.07, 6.45) is 3.91. The molecule has 8 heteroatoms. The van der Waals surface area contributed by atoms with Crippen molar-refractivity contribution < 1.29 is 23.3 Å². The quantitative estimate of drug-likeness (QED) is 0.331. The fourth-order valence-corrected chi connectivity index (χ4v) is 6.54. The number of aromatic nitrogens is 1. The minimum absolute atomic E-state index is 0.120. The Morgan fingerprint density at radius 2 is 1.81 bits per heavy atom. The SMILES string of the molecule is CCN(CC)[C@@H]1c2onc(OCc3ccccc3)c2C(=O)[C@]2(O[Si](C)(C)C(C)(C)C)C(=O)C=CC[C@@H]12. The van der Waals surface area contributed by atoms with Crippen LogP contribution < -0.4 is 4.74 Å². The maximum absolute atomic E-state index is 14.5. The standard InChI is InChI=1S/C28H38N2O5Si/c1-8-30(9-2)23-20-16-13-17-21(31)28(20,35-36(6,7)27(3,4)5)25(32)22-24(23)34-29-26(22)33-18-19-14-11-10-12-15-19/h10-15,17,20,23H,8-9,16,18H2,1-7H3/t20-,23-,28+/m0/s1. The van der Waals surface area contributed by atoms with Crippen molar-refractivity contribution in [2.45, 2.75) is 77.4 Å². The van der Waals surface area contributed by atoms with Crippen LogP contribution in [0, 0.1) is 5.92 Å². The van der Waals surface area contributed by atoms with Gasteiger partial charge in [-0.15, -0.1) is 0 Å². The van der Waals surface area contributed by atoms with Gasteiger partial charge in [-0.25, -0.2) is 0 Å². The number of carbonyl (C=O) groups excluding carboxylic acids is 2. The molecule has 0 amide bonds. The van der Waals surface area contributed by atoms with Crippen LogP contribution in [0.5, 0.6) is 5.88 Å². The predicted molar refractivity (Wildman–Crippen MR) is 141 cm³/mol. The van der Waals surface area contributed by atoms with Gasteiger partial charge in [-0.3, -0.25) is 14.5 Å². The Balaban J connectivity index is 1.88. The molecule has 1 heterocycles. The predicted octanol–water partition coefficient (Wildman–Crippen LogP) is 5.74. The zero-order valence-corrected chi connectivity index (χ0v) is 23.5. The summed E-state index contributed by atoms with van der Waals surface area (Å²) in [7, 11) is -2.55. The van der Waals surface area contributed by atoms with Crippen LogP contribution >= 0.6 is 0 Å². The van der Waals surface area contributed by atoms with E-state index in [0.29, 0.717) is 12.2 Å². The van der Waals surface area contributed by atoms with Crippen molar-refractivity contribution in [3.8, 4) is 5.88 Å². The molecule has 0 spiro atoms. The summed E-state index contributed by atoms with van der Waals surface area (Å²) in [5.41, 5.74) is -0.449. The summed E-state index contributed by atoms with van der Waals surface area (Å²) in [6, 6.07) is 9.34. The van der Waals surface area contributed by atoms with Crippen LogP contribution in [0.2, 0.25) is 18.1 Å². The molecule has 1 aromatic heterocycles. The van der Waals surface area contributed by atoms with Crippen molar-refractivity contribution in [3.63, 3.8) is 0 Å². The van der Waals surface area contributed by atoms with E-state index >= 15 is 0 Å². The topological polar surface area (TPSA) is 81.9 Å². The molecular weight excluding hydrogens is 472 g/mol. The number of nitrogens with zero attached hydrogens (tertiary/aromatic N) is 2. The average molecular weight is 511 g/mol. The Bertz CT molecular complexity index is 1150. The van der Waals surface area contributed by atoms with E-state index in [0.717, 1.165) is 18.7 Å². The molecule has 2 aliphatic carbocycles. The average Bonchev–Trinajstić information content (AvgIpc) is 3.25.